The molecule has 2 rings (SSSR count). The molecule has 0 fully saturated rings. The highest BCUT2D eigenvalue weighted by Crippen LogP contribution is 2.40. The Bertz CT molecular complexity index is 566. The van der Waals surface area contributed by atoms with Gasteiger partial charge in [0, 0.05) is 6.42 Å². The van der Waals surface area contributed by atoms with Crippen LogP contribution in [0.15, 0.2) is 23.5 Å². The van der Waals surface area contributed by atoms with Crippen LogP contribution in [-0.2, 0) is 0 Å². The van der Waals surface area contributed by atoms with Crippen LogP contribution in [0.4, 0.5) is 13.2 Å². The summed E-state index contributed by atoms with van der Waals surface area (Å²) < 4.78 is 47.6. The Labute approximate surface area is 136 Å². The van der Waals surface area contributed by atoms with Crippen molar-refractivity contribution in [1.29, 1.82) is 0 Å². The van der Waals surface area contributed by atoms with Crippen LogP contribution in [-0.4, -0.2) is 6.61 Å². The third-order valence-corrected chi connectivity index (χ3v) is 4.50. The summed E-state index contributed by atoms with van der Waals surface area (Å²) in [4.78, 5) is 0. The van der Waals surface area contributed by atoms with Gasteiger partial charge in [-0.15, -0.1) is 0 Å². The van der Waals surface area contributed by atoms with Crippen molar-refractivity contribution in [3.63, 3.8) is 0 Å². The summed E-state index contributed by atoms with van der Waals surface area (Å²) >= 11 is 0. The quantitative estimate of drug-likeness (QED) is 0.524. The molecule has 0 aliphatic heterocycles. The van der Waals surface area contributed by atoms with Crippen molar-refractivity contribution in [2.45, 2.75) is 64.7 Å². The second kappa shape index (κ2) is 8.42. The van der Waals surface area contributed by atoms with E-state index in [1.165, 1.54) is 12.1 Å². The van der Waals surface area contributed by atoms with Crippen LogP contribution in [0.1, 0.15) is 70.3 Å². The number of allylic oxidation sites excluding steroid dienone is 2. The first kappa shape index (κ1) is 17.9. The van der Waals surface area contributed by atoms with Crippen LogP contribution in [0.3, 0.4) is 0 Å². The standard InChI is InChI=1S/C19H25F3O/c1-3-5-6-7-13-8-9-14(12-16(13)20)15-10-11-17(23-4-2)19(22)18(15)21/h10-11,14H,3-9,12H2,1-2H3. The Kier molecular flexibility index (Phi) is 6.55. The highest BCUT2D eigenvalue weighted by Gasteiger charge is 2.26. The molecule has 0 aromatic heterocycles. The van der Waals surface area contributed by atoms with Crippen LogP contribution in [0.2, 0.25) is 0 Å². The van der Waals surface area contributed by atoms with E-state index in [1.807, 2.05) is 0 Å². The Morgan fingerprint density at radius 1 is 1.09 bits per heavy atom. The smallest absolute Gasteiger partial charge is 0.200 e. The number of hydrogen-bond donors (Lipinski definition) is 0. The average Bonchev–Trinajstić information content (AvgIpc) is 2.54. The van der Waals surface area contributed by atoms with Crippen molar-refractivity contribution in [2.24, 2.45) is 0 Å². The minimum absolute atomic E-state index is 0.0826. The van der Waals surface area contributed by atoms with Gasteiger partial charge in [-0.3, -0.25) is 0 Å². The number of rotatable bonds is 7. The first-order chi connectivity index (χ1) is 11.1. The molecule has 23 heavy (non-hydrogen) atoms. The van der Waals surface area contributed by atoms with E-state index < -0.39 is 11.6 Å². The molecule has 0 saturated heterocycles. The van der Waals surface area contributed by atoms with Crippen LogP contribution < -0.4 is 4.74 Å². The van der Waals surface area contributed by atoms with Gasteiger partial charge in [0.2, 0.25) is 5.82 Å². The molecule has 1 atom stereocenters. The van der Waals surface area contributed by atoms with Crippen molar-refractivity contribution in [2.75, 3.05) is 6.61 Å². The molecular formula is C19H25F3O. The van der Waals surface area contributed by atoms with Crippen LogP contribution >= 0.6 is 0 Å². The second-order valence-electron chi connectivity index (χ2n) is 6.12. The van der Waals surface area contributed by atoms with Crippen LogP contribution in [0, 0.1) is 11.6 Å². The zero-order valence-electron chi connectivity index (χ0n) is 13.9. The van der Waals surface area contributed by atoms with E-state index in [0.29, 0.717) is 12.8 Å². The lowest BCUT2D eigenvalue weighted by Crippen LogP contribution is -2.11. The largest absolute Gasteiger partial charge is 0.491 e. The van der Waals surface area contributed by atoms with E-state index >= 15 is 0 Å². The number of hydrogen-bond acceptors (Lipinski definition) is 1. The molecule has 1 aliphatic rings. The summed E-state index contributed by atoms with van der Waals surface area (Å²) in [6, 6.07) is 2.97. The van der Waals surface area contributed by atoms with Gasteiger partial charge >= 0.3 is 0 Å². The van der Waals surface area contributed by atoms with E-state index in [-0.39, 0.29) is 36.1 Å². The van der Waals surface area contributed by atoms with E-state index in [0.717, 1.165) is 31.3 Å². The number of halogens is 3. The first-order valence-electron chi connectivity index (χ1n) is 8.55. The lowest BCUT2D eigenvalue weighted by Gasteiger charge is -2.25. The fraction of sp³-hybridized carbons (Fsp3) is 0.579. The molecule has 4 heteroatoms. The SMILES string of the molecule is CCCCCC1=C(F)CC(c2ccc(OCC)c(F)c2F)CC1. The third-order valence-electron chi connectivity index (χ3n) is 4.50. The van der Waals surface area contributed by atoms with E-state index in [9.17, 15) is 13.2 Å². The highest BCUT2D eigenvalue weighted by atomic mass is 19.2. The summed E-state index contributed by atoms with van der Waals surface area (Å²) in [6.07, 6.45) is 5.45. The van der Waals surface area contributed by atoms with E-state index in [1.54, 1.807) is 6.92 Å². The van der Waals surface area contributed by atoms with E-state index in [4.69, 9.17) is 4.74 Å². The van der Waals surface area contributed by atoms with Crippen molar-refractivity contribution in [3.05, 3.63) is 40.7 Å². The molecule has 0 N–H and O–H groups in total. The normalized spacial score (nSPS) is 18.4. The highest BCUT2D eigenvalue weighted by molar-refractivity contribution is 5.34. The topological polar surface area (TPSA) is 9.23 Å². The number of ether oxygens (including phenoxy) is 1. The molecule has 1 aromatic carbocycles. The van der Waals surface area contributed by atoms with Gasteiger partial charge in [0.1, 0.15) is 0 Å². The van der Waals surface area contributed by atoms with Crippen LogP contribution in [0.25, 0.3) is 0 Å². The van der Waals surface area contributed by atoms with E-state index in [2.05, 4.69) is 6.92 Å². The maximum absolute atomic E-state index is 14.3. The molecule has 0 radical (unpaired) electrons. The summed E-state index contributed by atoms with van der Waals surface area (Å²) in [6.45, 7) is 4.11. The van der Waals surface area contributed by atoms with Crippen molar-refractivity contribution >= 4 is 0 Å². The monoisotopic (exact) mass is 326 g/mol. The molecular weight excluding hydrogens is 301 g/mol. The molecule has 0 amide bonds. The van der Waals surface area contributed by atoms with Gasteiger partial charge in [0.25, 0.3) is 0 Å². The predicted octanol–water partition coefficient (Wildman–Crippen LogP) is 6.43. The summed E-state index contributed by atoms with van der Waals surface area (Å²) in [5.74, 6) is -2.38. The van der Waals surface area contributed by atoms with Gasteiger partial charge in [-0.05, 0) is 55.7 Å². The first-order valence-corrected chi connectivity index (χ1v) is 8.55. The maximum Gasteiger partial charge on any atom is 0.200 e. The molecule has 1 nitrogen and oxygen atoms in total. The third kappa shape index (κ3) is 4.30. The number of unbranched alkanes of at least 4 members (excludes halogenated alkanes) is 2. The fourth-order valence-corrected chi connectivity index (χ4v) is 3.19. The van der Waals surface area contributed by atoms with Gasteiger partial charge in [-0.25, -0.2) is 8.78 Å². The molecule has 0 heterocycles. The lowest BCUT2D eigenvalue weighted by atomic mass is 9.82. The lowest BCUT2D eigenvalue weighted by molar-refractivity contribution is 0.312. The molecule has 1 aromatic rings. The van der Waals surface area contributed by atoms with Crippen molar-refractivity contribution in [1.82, 2.24) is 0 Å². The van der Waals surface area contributed by atoms with Gasteiger partial charge in [-0.1, -0.05) is 25.8 Å². The van der Waals surface area contributed by atoms with Gasteiger partial charge < -0.3 is 4.74 Å². The summed E-state index contributed by atoms with van der Waals surface area (Å²) in [7, 11) is 0. The Morgan fingerprint density at radius 3 is 2.52 bits per heavy atom. The average molecular weight is 326 g/mol. The maximum atomic E-state index is 14.3. The van der Waals surface area contributed by atoms with Crippen molar-refractivity contribution < 1.29 is 17.9 Å². The summed E-state index contributed by atoms with van der Waals surface area (Å²) in [5.41, 5.74) is 1.12. The number of benzene rings is 1. The minimum atomic E-state index is -0.970. The molecule has 1 unspecified atom stereocenters. The van der Waals surface area contributed by atoms with Crippen LogP contribution in [0.5, 0.6) is 5.75 Å². The fourth-order valence-electron chi connectivity index (χ4n) is 3.19. The molecule has 128 valence electrons. The van der Waals surface area contributed by atoms with Gasteiger partial charge in [0.05, 0.1) is 12.4 Å². The van der Waals surface area contributed by atoms with Gasteiger partial charge in [-0.2, -0.15) is 4.39 Å². The zero-order chi connectivity index (χ0) is 16.8. The van der Waals surface area contributed by atoms with Gasteiger partial charge in [0.15, 0.2) is 11.6 Å². The Morgan fingerprint density at radius 2 is 1.87 bits per heavy atom. The molecule has 1 aliphatic carbocycles. The molecule has 0 bridgehead atoms. The Balaban J connectivity index is 2.11. The predicted molar refractivity (Wildman–Crippen MR) is 86.4 cm³/mol. The second-order valence-corrected chi connectivity index (χ2v) is 6.12. The Hall–Kier alpha value is -1.45. The molecule has 0 spiro atoms. The molecule has 0 saturated carbocycles. The summed E-state index contributed by atoms with van der Waals surface area (Å²) in [5, 5.41) is 0. The minimum Gasteiger partial charge on any atom is -0.491 e. The zero-order valence-corrected chi connectivity index (χ0v) is 13.9. The van der Waals surface area contributed by atoms with Crippen molar-refractivity contribution in [3.8, 4) is 5.75 Å².